The van der Waals surface area contributed by atoms with Gasteiger partial charge in [0.25, 0.3) is 0 Å². The number of aliphatic imine (C=N–C) groups is 1. The summed E-state index contributed by atoms with van der Waals surface area (Å²) in [5, 5.41) is 9.51. The van der Waals surface area contributed by atoms with Crippen molar-refractivity contribution in [3.05, 3.63) is 29.3 Å². The van der Waals surface area contributed by atoms with Crippen LogP contribution in [-0.2, 0) is 4.74 Å². The van der Waals surface area contributed by atoms with Gasteiger partial charge in [0, 0.05) is 25.2 Å². The predicted octanol–water partition coefficient (Wildman–Crippen LogP) is 3.03. The van der Waals surface area contributed by atoms with Gasteiger partial charge in [-0.15, -0.1) is 24.0 Å². The van der Waals surface area contributed by atoms with E-state index >= 15 is 0 Å². The van der Waals surface area contributed by atoms with Gasteiger partial charge in [0.05, 0.1) is 6.54 Å². The molecule has 0 unspecified atom stereocenters. The topological polar surface area (TPSA) is 84.0 Å². The third kappa shape index (κ3) is 12.0. The van der Waals surface area contributed by atoms with Crippen molar-refractivity contribution in [3.63, 3.8) is 0 Å². The number of nitrogens with one attached hydrogen (secondary N) is 3. The van der Waals surface area contributed by atoms with Crippen LogP contribution in [0.2, 0.25) is 5.02 Å². The molecule has 3 N–H and O–H groups in total. The van der Waals surface area contributed by atoms with Crippen LogP contribution >= 0.6 is 35.6 Å². The van der Waals surface area contributed by atoms with Crippen molar-refractivity contribution in [2.24, 2.45) is 4.99 Å². The molecule has 0 saturated heterocycles. The fourth-order valence-electron chi connectivity index (χ4n) is 1.78. The molecule has 0 atom stereocenters. The number of halogens is 2. The van der Waals surface area contributed by atoms with Crippen LogP contribution in [0.1, 0.15) is 20.8 Å². The number of hydrogen-bond donors (Lipinski definition) is 3. The van der Waals surface area contributed by atoms with Crippen molar-refractivity contribution in [3.8, 4) is 5.75 Å². The number of carbonyl (C=O) groups excluding carboxylic acids is 1. The van der Waals surface area contributed by atoms with Gasteiger partial charge in [-0.3, -0.25) is 4.99 Å². The maximum atomic E-state index is 11.5. The summed E-state index contributed by atoms with van der Waals surface area (Å²) in [6.45, 7) is 7.46. The highest BCUT2D eigenvalue weighted by Crippen LogP contribution is 2.16. The van der Waals surface area contributed by atoms with Gasteiger partial charge in [-0.05, 0) is 39.0 Å². The Morgan fingerprint density at radius 1 is 1.15 bits per heavy atom. The molecule has 0 heterocycles. The van der Waals surface area contributed by atoms with Gasteiger partial charge in [-0.2, -0.15) is 0 Å². The first-order valence-electron chi connectivity index (χ1n) is 8.10. The lowest BCUT2D eigenvalue weighted by Crippen LogP contribution is -2.43. The van der Waals surface area contributed by atoms with Gasteiger partial charge < -0.3 is 25.4 Å². The van der Waals surface area contributed by atoms with Crippen molar-refractivity contribution >= 4 is 47.6 Å². The minimum atomic E-state index is -0.502. The average Bonchev–Trinajstić information content (AvgIpc) is 2.51. The number of benzene rings is 1. The van der Waals surface area contributed by atoms with Crippen molar-refractivity contribution in [1.29, 1.82) is 0 Å². The molecule has 148 valence electrons. The van der Waals surface area contributed by atoms with Crippen LogP contribution in [0.3, 0.4) is 0 Å². The molecule has 1 rings (SSSR count). The minimum Gasteiger partial charge on any atom is -0.492 e. The summed E-state index contributed by atoms with van der Waals surface area (Å²) in [5.74, 6) is 1.35. The fourth-order valence-corrected chi connectivity index (χ4v) is 1.96. The lowest BCUT2D eigenvalue weighted by Gasteiger charge is -2.19. The summed E-state index contributed by atoms with van der Waals surface area (Å²) in [6, 6.07) is 7.24. The maximum Gasteiger partial charge on any atom is 0.407 e. The molecule has 1 aromatic carbocycles. The molecule has 0 bridgehead atoms. The average molecular weight is 499 g/mol. The molecule has 0 saturated carbocycles. The van der Waals surface area contributed by atoms with Crippen LogP contribution in [0.4, 0.5) is 4.79 Å². The van der Waals surface area contributed by atoms with Crippen molar-refractivity contribution in [2.45, 2.75) is 26.4 Å². The molecule has 1 amide bonds. The summed E-state index contributed by atoms with van der Waals surface area (Å²) in [4.78, 5) is 15.6. The van der Waals surface area contributed by atoms with Gasteiger partial charge >= 0.3 is 6.09 Å². The molecule has 0 fully saturated rings. The largest absolute Gasteiger partial charge is 0.492 e. The quantitative estimate of drug-likeness (QED) is 0.233. The molecular formula is C17H28ClIN4O3. The van der Waals surface area contributed by atoms with Crippen molar-refractivity contribution in [2.75, 3.05) is 33.3 Å². The Balaban J connectivity index is 0.00000625. The molecule has 0 spiro atoms. The van der Waals surface area contributed by atoms with E-state index in [1.54, 1.807) is 19.2 Å². The second-order valence-corrected chi connectivity index (χ2v) is 6.60. The van der Waals surface area contributed by atoms with E-state index in [-0.39, 0.29) is 24.0 Å². The Bertz CT molecular complexity index is 579. The Kier molecular flexibility index (Phi) is 12.2. The number of rotatable bonds is 7. The van der Waals surface area contributed by atoms with E-state index in [4.69, 9.17) is 21.1 Å². The van der Waals surface area contributed by atoms with E-state index in [1.807, 2.05) is 32.9 Å². The van der Waals surface area contributed by atoms with Crippen LogP contribution < -0.4 is 20.7 Å². The van der Waals surface area contributed by atoms with Crippen LogP contribution in [0.15, 0.2) is 29.3 Å². The first-order valence-corrected chi connectivity index (χ1v) is 8.47. The number of ether oxygens (including phenoxy) is 2. The number of nitrogens with zero attached hydrogens (tertiary/aromatic N) is 1. The highest BCUT2D eigenvalue weighted by Gasteiger charge is 2.15. The van der Waals surface area contributed by atoms with Gasteiger partial charge in [-0.25, -0.2) is 4.79 Å². The number of amides is 1. The maximum absolute atomic E-state index is 11.5. The van der Waals surface area contributed by atoms with Gasteiger partial charge in [0.15, 0.2) is 5.96 Å². The van der Waals surface area contributed by atoms with Crippen molar-refractivity contribution in [1.82, 2.24) is 16.0 Å². The Morgan fingerprint density at radius 3 is 2.42 bits per heavy atom. The number of guanidine groups is 1. The van der Waals surface area contributed by atoms with Crippen LogP contribution in [0.5, 0.6) is 5.75 Å². The normalized spacial score (nSPS) is 11.2. The molecule has 0 aliphatic heterocycles. The zero-order valence-corrected chi connectivity index (χ0v) is 18.7. The summed E-state index contributed by atoms with van der Waals surface area (Å²) in [5.41, 5.74) is -0.502. The van der Waals surface area contributed by atoms with Crippen LogP contribution in [-0.4, -0.2) is 50.9 Å². The second-order valence-electron chi connectivity index (χ2n) is 6.16. The molecule has 0 aliphatic rings. The standard InChI is InChI=1S/C17H27ClN4O3.HI/c1-17(2,3)25-16(23)22-9-8-20-15(19-4)21-10-11-24-14-7-5-6-13(18)12-14;/h5-7,12H,8-11H2,1-4H3,(H,22,23)(H2,19,20,21);1H. The fraction of sp³-hybridized carbons (Fsp3) is 0.529. The first-order chi connectivity index (χ1) is 11.8. The lowest BCUT2D eigenvalue weighted by atomic mass is 10.2. The summed E-state index contributed by atoms with van der Waals surface area (Å²) < 4.78 is 10.7. The second kappa shape index (κ2) is 12.9. The van der Waals surface area contributed by atoms with E-state index in [1.165, 1.54) is 0 Å². The van der Waals surface area contributed by atoms with E-state index in [9.17, 15) is 4.79 Å². The SMILES string of the molecule is CN=C(NCCNC(=O)OC(C)(C)C)NCCOc1cccc(Cl)c1.I. The van der Waals surface area contributed by atoms with E-state index < -0.39 is 11.7 Å². The van der Waals surface area contributed by atoms with Gasteiger partial charge in [0.1, 0.15) is 18.0 Å². The summed E-state index contributed by atoms with van der Waals surface area (Å²) in [7, 11) is 1.68. The van der Waals surface area contributed by atoms with E-state index in [0.717, 1.165) is 5.75 Å². The summed E-state index contributed by atoms with van der Waals surface area (Å²) in [6.07, 6.45) is -0.438. The predicted molar refractivity (Wildman–Crippen MR) is 116 cm³/mol. The Labute approximate surface area is 177 Å². The van der Waals surface area contributed by atoms with Gasteiger partial charge in [-0.1, -0.05) is 17.7 Å². The molecule has 7 nitrogen and oxygen atoms in total. The van der Waals surface area contributed by atoms with E-state index in [2.05, 4.69) is 20.9 Å². The molecular weight excluding hydrogens is 471 g/mol. The lowest BCUT2D eigenvalue weighted by molar-refractivity contribution is 0.0529. The molecule has 1 aromatic rings. The third-order valence-electron chi connectivity index (χ3n) is 2.77. The van der Waals surface area contributed by atoms with Crippen molar-refractivity contribution < 1.29 is 14.3 Å². The number of hydrogen-bond acceptors (Lipinski definition) is 4. The zero-order chi connectivity index (χ0) is 18.7. The monoisotopic (exact) mass is 498 g/mol. The van der Waals surface area contributed by atoms with Gasteiger partial charge in [0.2, 0.25) is 0 Å². The van der Waals surface area contributed by atoms with Crippen LogP contribution in [0, 0.1) is 0 Å². The number of alkyl carbamates (subject to hydrolysis) is 1. The first kappa shape index (κ1) is 24.6. The Hall–Kier alpha value is -1.42. The summed E-state index contributed by atoms with van der Waals surface area (Å²) >= 11 is 5.90. The zero-order valence-electron chi connectivity index (χ0n) is 15.6. The van der Waals surface area contributed by atoms with Crippen LogP contribution in [0.25, 0.3) is 0 Å². The minimum absolute atomic E-state index is 0. The smallest absolute Gasteiger partial charge is 0.407 e. The Morgan fingerprint density at radius 2 is 1.81 bits per heavy atom. The van der Waals surface area contributed by atoms with E-state index in [0.29, 0.717) is 37.2 Å². The number of carbonyl (C=O) groups is 1. The molecule has 0 radical (unpaired) electrons. The molecule has 26 heavy (non-hydrogen) atoms. The molecule has 0 aliphatic carbocycles. The highest BCUT2D eigenvalue weighted by molar-refractivity contribution is 14.0. The molecule has 9 heteroatoms. The third-order valence-corrected chi connectivity index (χ3v) is 3.00. The molecule has 0 aromatic heterocycles. The highest BCUT2D eigenvalue weighted by atomic mass is 127.